The van der Waals surface area contributed by atoms with Crippen LogP contribution in [-0.4, -0.2) is 23.5 Å². The second-order valence-electron chi connectivity index (χ2n) is 7.70. The van der Waals surface area contributed by atoms with Crippen molar-refractivity contribution in [2.45, 2.75) is 76.9 Å². The van der Waals surface area contributed by atoms with Gasteiger partial charge >= 0.3 is 5.97 Å². The molecule has 0 saturated heterocycles. The molecule has 0 aliphatic heterocycles. The zero-order valence-corrected chi connectivity index (χ0v) is 16.3. The number of carbonyl (C=O) groups is 2. The van der Waals surface area contributed by atoms with Gasteiger partial charge in [0, 0.05) is 4.88 Å². The molecule has 140 valence electrons. The van der Waals surface area contributed by atoms with Crippen LogP contribution in [-0.2, 0) is 22.4 Å². The van der Waals surface area contributed by atoms with Crippen molar-refractivity contribution in [3.8, 4) is 6.07 Å². The molecular weight excluding hydrogens is 348 g/mol. The molecule has 2 atom stereocenters. The maximum absolute atomic E-state index is 12.4. The largest absolute Gasteiger partial charge is 0.448 e. The van der Waals surface area contributed by atoms with Crippen LogP contribution in [0.25, 0.3) is 0 Å². The highest BCUT2D eigenvalue weighted by atomic mass is 32.1. The van der Waals surface area contributed by atoms with E-state index in [1.165, 1.54) is 21.8 Å². The Morgan fingerprint density at radius 2 is 2.12 bits per heavy atom. The molecule has 1 aromatic heterocycles. The van der Waals surface area contributed by atoms with Gasteiger partial charge in [-0.2, -0.15) is 5.26 Å². The summed E-state index contributed by atoms with van der Waals surface area (Å²) in [4.78, 5) is 26.7. The van der Waals surface area contributed by atoms with Crippen molar-refractivity contribution in [1.82, 2.24) is 5.32 Å². The molecule has 2 aliphatic carbocycles. The van der Waals surface area contributed by atoms with Crippen LogP contribution < -0.4 is 5.32 Å². The molecule has 5 nitrogen and oxygen atoms in total. The summed E-state index contributed by atoms with van der Waals surface area (Å²) >= 11 is 1.48. The van der Waals surface area contributed by atoms with Gasteiger partial charge in [-0.3, -0.25) is 4.79 Å². The van der Waals surface area contributed by atoms with Gasteiger partial charge in [0.15, 0.2) is 6.10 Å². The first-order chi connectivity index (χ1) is 12.4. The van der Waals surface area contributed by atoms with E-state index in [0.717, 1.165) is 38.5 Å². The lowest BCUT2D eigenvalue weighted by molar-refractivity contribution is -0.130. The summed E-state index contributed by atoms with van der Waals surface area (Å²) < 4.78 is 5.38. The fourth-order valence-electron chi connectivity index (χ4n) is 3.84. The van der Waals surface area contributed by atoms with E-state index in [0.29, 0.717) is 23.6 Å². The number of hydrogen-bond acceptors (Lipinski definition) is 5. The van der Waals surface area contributed by atoms with Crippen LogP contribution in [0.4, 0.5) is 0 Å². The van der Waals surface area contributed by atoms with Crippen molar-refractivity contribution >= 4 is 23.2 Å². The van der Waals surface area contributed by atoms with Crippen molar-refractivity contribution < 1.29 is 14.3 Å². The van der Waals surface area contributed by atoms with Gasteiger partial charge in [0.25, 0.3) is 5.91 Å². The molecule has 6 heteroatoms. The van der Waals surface area contributed by atoms with Crippen molar-refractivity contribution in [2.24, 2.45) is 5.92 Å². The number of hydrogen-bond donors (Lipinski definition) is 1. The van der Waals surface area contributed by atoms with Gasteiger partial charge in [-0.15, -0.1) is 11.3 Å². The minimum Gasteiger partial charge on any atom is -0.448 e. The minimum atomic E-state index is -0.910. The van der Waals surface area contributed by atoms with Crippen LogP contribution in [0.15, 0.2) is 6.07 Å². The molecule has 1 saturated carbocycles. The average molecular weight is 375 g/mol. The lowest BCUT2D eigenvalue weighted by Gasteiger charge is -2.32. The third-order valence-corrected chi connectivity index (χ3v) is 6.68. The molecule has 1 amide bonds. The number of esters is 1. The second-order valence-corrected chi connectivity index (χ2v) is 8.84. The molecule has 1 N–H and O–H groups in total. The highest BCUT2D eigenvalue weighted by molar-refractivity contribution is 7.14. The zero-order chi connectivity index (χ0) is 18.7. The zero-order valence-electron chi connectivity index (χ0n) is 15.5. The number of rotatable bonds is 4. The Labute approximate surface area is 158 Å². The summed E-state index contributed by atoms with van der Waals surface area (Å²) in [6.07, 6.45) is 6.52. The van der Waals surface area contributed by atoms with E-state index in [1.807, 2.05) is 6.07 Å². The van der Waals surface area contributed by atoms with Crippen LogP contribution >= 0.6 is 11.3 Å². The Balaban J connectivity index is 1.60. The highest BCUT2D eigenvalue weighted by Crippen LogP contribution is 2.33. The fourth-order valence-corrected chi connectivity index (χ4v) is 4.93. The predicted molar refractivity (Wildman–Crippen MR) is 100.0 cm³/mol. The van der Waals surface area contributed by atoms with E-state index in [9.17, 15) is 14.9 Å². The number of carbonyl (C=O) groups excluding carboxylic acids is 2. The average Bonchev–Trinajstić information content (AvgIpc) is 3.05. The van der Waals surface area contributed by atoms with Crippen molar-refractivity contribution in [2.75, 3.05) is 0 Å². The van der Waals surface area contributed by atoms with E-state index in [4.69, 9.17) is 4.74 Å². The molecule has 3 rings (SSSR count). The number of thiophene rings is 1. The third-order valence-electron chi connectivity index (χ3n) is 5.47. The summed E-state index contributed by atoms with van der Waals surface area (Å²) in [5.74, 6) is -0.200. The Hall–Kier alpha value is -1.87. The number of amides is 1. The number of aryl methyl sites for hydroxylation is 1. The second kappa shape index (κ2) is 7.79. The first-order valence-corrected chi connectivity index (χ1v) is 10.3. The normalized spacial score (nSPS) is 22.6. The van der Waals surface area contributed by atoms with Crippen molar-refractivity contribution in [3.63, 3.8) is 0 Å². The summed E-state index contributed by atoms with van der Waals surface area (Å²) in [5.41, 5.74) is 0.428. The molecule has 26 heavy (non-hydrogen) atoms. The van der Waals surface area contributed by atoms with Crippen molar-refractivity contribution in [3.05, 3.63) is 21.4 Å². The summed E-state index contributed by atoms with van der Waals surface area (Å²) in [6, 6.07) is 4.17. The van der Waals surface area contributed by atoms with Gasteiger partial charge in [0.05, 0.1) is 6.07 Å². The van der Waals surface area contributed by atoms with E-state index in [-0.39, 0.29) is 0 Å². The standard InChI is InChI=1S/C20H26N2O3S/c1-13-6-7-16-15(10-13)11-17(26-16)19(24)25-14(2)18(23)22-20(12-21)8-4-3-5-9-20/h11,13-14H,3-10H2,1-2H3,(H,22,23)/t13-,14-/m0/s1. The van der Waals surface area contributed by atoms with Gasteiger partial charge in [0.2, 0.25) is 0 Å². The third kappa shape index (κ3) is 4.09. The first kappa shape index (κ1) is 18.9. The van der Waals surface area contributed by atoms with Crippen LogP contribution in [0.2, 0.25) is 0 Å². The van der Waals surface area contributed by atoms with Crippen LogP contribution in [0, 0.1) is 17.2 Å². The molecule has 2 aliphatic rings. The minimum absolute atomic E-state index is 0.392. The summed E-state index contributed by atoms with van der Waals surface area (Å²) in [6.45, 7) is 3.79. The van der Waals surface area contributed by atoms with E-state index in [1.54, 1.807) is 6.92 Å². The van der Waals surface area contributed by atoms with E-state index >= 15 is 0 Å². The molecule has 0 spiro atoms. The van der Waals surface area contributed by atoms with E-state index in [2.05, 4.69) is 18.3 Å². The van der Waals surface area contributed by atoms with Crippen LogP contribution in [0.1, 0.15) is 72.5 Å². The maximum Gasteiger partial charge on any atom is 0.349 e. The molecule has 0 radical (unpaired) electrons. The molecule has 1 aromatic rings. The number of ether oxygens (including phenoxy) is 1. The topological polar surface area (TPSA) is 79.2 Å². The Morgan fingerprint density at radius 1 is 1.38 bits per heavy atom. The molecule has 1 fully saturated rings. The SMILES string of the molecule is C[C@H]1CCc2sc(C(=O)O[C@@H](C)C(=O)NC3(C#N)CCCCC3)cc2C1. The summed E-state index contributed by atoms with van der Waals surface area (Å²) in [5, 5.41) is 12.3. The number of nitrogens with one attached hydrogen (secondary N) is 1. The molecule has 0 aromatic carbocycles. The van der Waals surface area contributed by atoms with Gasteiger partial charge in [-0.25, -0.2) is 4.79 Å². The van der Waals surface area contributed by atoms with Crippen LogP contribution in [0.5, 0.6) is 0 Å². The first-order valence-electron chi connectivity index (χ1n) is 9.48. The fraction of sp³-hybridized carbons (Fsp3) is 0.650. The molecular formula is C20H26N2O3S. The number of nitrogens with zero attached hydrogens (tertiary/aromatic N) is 1. The monoisotopic (exact) mass is 374 g/mol. The number of nitriles is 1. The predicted octanol–water partition coefficient (Wildman–Crippen LogP) is 3.76. The molecule has 0 bridgehead atoms. The Bertz CT molecular complexity index is 728. The Morgan fingerprint density at radius 3 is 2.81 bits per heavy atom. The highest BCUT2D eigenvalue weighted by Gasteiger charge is 2.35. The van der Waals surface area contributed by atoms with Gasteiger partial charge in [-0.05, 0) is 56.6 Å². The number of fused-ring (bicyclic) bond motifs is 1. The summed E-state index contributed by atoms with van der Waals surface area (Å²) in [7, 11) is 0. The van der Waals surface area contributed by atoms with Gasteiger partial charge < -0.3 is 10.1 Å². The lowest BCUT2D eigenvalue weighted by atomic mass is 9.83. The quantitative estimate of drug-likeness (QED) is 0.814. The Kier molecular flexibility index (Phi) is 5.67. The molecule has 1 heterocycles. The lowest BCUT2D eigenvalue weighted by Crippen LogP contribution is -2.52. The van der Waals surface area contributed by atoms with Gasteiger partial charge in [-0.1, -0.05) is 26.2 Å². The van der Waals surface area contributed by atoms with Crippen LogP contribution in [0.3, 0.4) is 0 Å². The van der Waals surface area contributed by atoms with Gasteiger partial charge in [0.1, 0.15) is 10.4 Å². The van der Waals surface area contributed by atoms with Crippen molar-refractivity contribution in [1.29, 1.82) is 5.26 Å². The maximum atomic E-state index is 12.4. The molecule has 0 unspecified atom stereocenters. The van der Waals surface area contributed by atoms with E-state index < -0.39 is 23.5 Å². The smallest absolute Gasteiger partial charge is 0.349 e.